The predicted octanol–water partition coefficient (Wildman–Crippen LogP) is 3.11. The van der Waals surface area contributed by atoms with Crippen molar-refractivity contribution in [2.45, 2.75) is 45.7 Å². The molecule has 0 aromatic carbocycles. The quantitative estimate of drug-likeness (QED) is 0.942. The van der Waals surface area contributed by atoms with Gasteiger partial charge < -0.3 is 14.8 Å². The molecule has 3 heterocycles. The molecule has 1 saturated heterocycles. The minimum Gasteiger partial charge on any atom is -0.378 e. The average molecular weight is 299 g/mol. The fourth-order valence-electron chi connectivity index (χ4n) is 3.13. The number of piperidine rings is 1. The van der Waals surface area contributed by atoms with Crippen molar-refractivity contribution in [2.75, 3.05) is 16.8 Å². The van der Waals surface area contributed by atoms with Gasteiger partial charge in [0.05, 0.1) is 30.5 Å². The van der Waals surface area contributed by atoms with Crippen molar-refractivity contribution in [1.82, 2.24) is 14.5 Å². The van der Waals surface area contributed by atoms with Crippen LogP contribution in [0.25, 0.3) is 0 Å². The number of anilines is 2. The minimum absolute atomic E-state index is 0.590. The van der Waals surface area contributed by atoms with Crippen molar-refractivity contribution >= 4 is 11.5 Å². The second-order valence-corrected chi connectivity index (χ2v) is 6.29. The van der Waals surface area contributed by atoms with Crippen molar-refractivity contribution in [3.63, 3.8) is 0 Å². The third-order valence-corrected chi connectivity index (χ3v) is 4.36. The molecule has 1 aliphatic heterocycles. The Morgan fingerprint density at radius 2 is 2.18 bits per heavy atom. The highest BCUT2D eigenvalue weighted by molar-refractivity contribution is 5.55. The molecule has 1 N–H and O–H groups in total. The van der Waals surface area contributed by atoms with E-state index in [-0.39, 0.29) is 0 Å². The predicted molar refractivity (Wildman–Crippen MR) is 90.2 cm³/mol. The van der Waals surface area contributed by atoms with Gasteiger partial charge in [-0.2, -0.15) is 0 Å². The molecule has 2 aromatic rings. The van der Waals surface area contributed by atoms with Gasteiger partial charge in [0.2, 0.25) is 0 Å². The van der Waals surface area contributed by atoms with E-state index in [9.17, 15) is 0 Å². The van der Waals surface area contributed by atoms with Gasteiger partial charge in [0.25, 0.3) is 0 Å². The van der Waals surface area contributed by atoms with E-state index < -0.39 is 0 Å². The molecule has 0 radical (unpaired) electrons. The fraction of sp³-hybridized carbons (Fsp3) is 0.529. The third-order valence-electron chi connectivity index (χ3n) is 4.36. The number of aromatic nitrogens is 3. The van der Waals surface area contributed by atoms with Crippen LogP contribution in [0.4, 0.5) is 11.5 Å². The maximum Gasteiger partial charge on any atom is 0.131 e. The molecular formula is C17H25N5. The van der Waals surface area contributed by atoms with E-state index in [1.807, 2.05) is 30.3 Å². The van der Waals surface area contributed by atoms with E-state index in [0.29, 0.717) is 6.04 Å². The molecule has 0 bridgehead atoms. The third kappa shape index (κ3) is 3.24. The molecule has 2 aromatic heterocycles. The summed E-state index contributed by atoms with van der Waals surface area (Å²) in [5.41, 5.74) is 3.32. The lowest BCUT2D eigenvalue weighted by atomic mass is 10.0. The first-order valence-corrected chi connectivity index (χ1v) is 8.07. The van der Waals surface area contributed by atoms with Gasteiger partial charge in [0.15, 0.2) is 0 Å². The molecule has 3 rings (SSSR count). The first kappa shape index (κ1) is 14.9. The zero-order chi connectivity index (χ0) is 15.5. The summed E-state index contributed by atoms with van der Waals surface area (Å²) in [6, 6.07) is 2.78. The summed E-state index contributed by atoms with van der Waals surface area (Å²) in [6.45, 7) is 6.29. The Morgan fingerprint density at radius 3 is 2.86 bits per heavy atom. The van der Waals surface area contributed by atoms with Gasteiger partial charge in [0, 0.05) is 25.8 Å². The van der Waals surface area contributed by atoms with Gasteiger partial charge in [-0.15, -0.1) is 0 Å². The summed E-state index contributed by atoms with van der Waals surface area (Å²) < 4.78 is 1.96. The molecule has 5 heteroatoms. The normalized spacial score (nSPS) is 18.5. The lowest BCUT2D eigenvalue weighted by Gasteiger charge is -2.35. The number of rotatable bonds is 4. The number of aryl methyl sites for hydroxylation is 2. The zero-order valence-electron chi connectivity index (χ0n) is 13.7. The number of nitrogens with one attached hydrogen (secondary N) is 1. The van der Waals surface area contributed by atoms with Gasteiger partial charge in [-0.05, 0) is 44.7 Å². The number of hydrogen-bond donors (Lipinski definition) is 1. The van der Waals surface area contributed by atoms with Crippen molar-refractivity contribution in [3.8, 4) is 0 Å². The maximum atomic E-state index is 4.71. The van der Waals surface area contributed by atoms with Gasteiger partial charge in [-0.25, -0.2) is 9.97 Å². The largest absolute Gasteiger partial charge is 0.378 e. The standard InChI is InChI=1S/C17H25N5/c1-13-8-15(18-10-16-11-21(3)12-20-16)9-19-17(13)22-7-5-4-6-14(22)2/h8-9,11-12,14,18H,4-7,10H2,1-3H3. The maximum absolute atomic E-state index is 4.71. The zero-order valence-corrected chi connectivity index (χ0v) is 13.7. The molecule has 0 spiro atoms. The second kappa shape index (κ2) is 6.38. The van der Waals surface area contributed by atoms with Crippen LogP contribution in [0.1, 0.15) is 37.4 Å². The molecule has 1 unspecified atom stereocenters. The van der Waals surface area contributed by atoms with Crippen molar-refractivity contribution in [1.29, 1.82) is 0 Å². The molecule has 5 nitrogen and oxygen atoms in total. The molecule has 0 saturated carbocycles. The molecule has 22 heavy (non-hydrogen) atoms. The van der Waals surface area contributed by atoms with Crippen LogP contribution in [0.2, 0.25) is 0 Å². The van der Waals surface area contributed by atoms with Crippen molar-refractivity contribution in [2.24, 2.45) is 7.05 Å². The SMILES string of the molecule is Cc1cc(NCc2cn(C)cn2)cnc1N1CCCCC1C. The molecule has 118 valence electrons. The molecular weight excluding hydrogens is 274 g/mol. The summed E-state index contributed by atoms with van der Waals surface area (Å²) in [6.07, 6.45) is 9.65. The average Bonchev–Trinajstić information content (AvgIpc) is 2.92. The van der Waals surface area contributed by atoms with Crippen molar-refractivity contribution in [3.05, 3.63) is 36.0 Å². The Morgan fingerprint density at radius 1 is 1.32 bits per heavy atom. The van der Waals surface area contributed by atoms with Crippen LogP contribution in [-0.2, 0) is 13.6 Å². The molecule has 0 amide bonds. The molecule has 1 fully saturated rings. The lowest BCUT2D eigenvalue weighted by Crippen LogP contribution is -2.38. The van der Waals surface area contributed by atoms with Crippen LogP contribution in [-0.4, -0.2) is 27.1 Å². The van der Waals surface area contributed by atoms with Crippen LogP contribution in [0, 0.1) is 6.92 Å². The number of pyridine rings is 1. The fourth-order valence-corrected chi connectivity index (χ4v) is 3.13. The van der Waals surface area contributed by atoms with E-state index in [1.54, 1.807) is 0 Å². The first-order valence-electron chi connectivity index (χ1n) is 8.07. The Labute approximate surface area is 132 Å². The number of hydrogen-bond acceptors (Lipinski definition) is 4. The number of imidazole rings is 1. The van der Waals surface area contributed by atoms with Crippen LogP contribution < -0.4 is 10.2 Å². The number of nitrogens with zero attached hydrogens (tertiary/aromatic N) is 4. The Bertz CT molecular complexity index is 634. The van der Waals surface area contributed by atoms with Gasteiger partial charge in [-0.1, -0.05) is 0 Å². The van der Waals surface area contributed by atoms with E-state index >= 15 is 0 Å². The lowest BCUT2D eigenvalue weighted by molar-refractivity contribution is 0.480. The van der Waals surface area contributed by atoms with Crippen LogP contribution >= 0.6 is 0 Å². The van der Waals surface area contributed by atoms with Gasteiger partial charge in [-0.3, -0.25) is 0 Å². The highest BCUT2D eigenvalue weighted by Gasteiger charge is 2.21. The van der Waals surface area contributed by atoms with E-state index in [2.05, 4.69) is 35.1 Å². The smallest absolute Gasteiger partial charge is 0.131 e. The summed E-state index contributed by atoms with van der Waals surface area (Å²) in [5, 5.41) is 3.40. The summed E-state index contributed by atoms with van der Waals surface area (Å²) in [5.74, 6) is 1.13. The summed E-state index contributed by atoms with van der Waals surface area (Å²) >= 11 is 0. The monoisotopic (exact) mass is 299 g/mol. The topological polar surface area (TPSA) is 46.0 Å². The Hall–Kier alpha value is -2.04. The van der Waals surface area contributed by atoms with Crippen LogP contribution in [0.5, 0.6) is 0 Å². The second-order valence-electron chi connectivity index (χ2n) is 6.29. The van der Waals surface area contributed by atoms with E-state index in [0.717, 1.165) is 30.3 Å². The summed E-state index contributed by atoms with van der Waals surface area (Å²) in [4.78, 5) is 11.5. The molecule has 0 aliphatic carbocycles. The Kier molecular flexibility index (Phi) is 4.32. The highest BCUT2D eigenvalue weighted by atomic mass is 15.2. The van der Waals surface area contributed by atoms with Gasteiger partial charge >= 0.3 is 0 Å². The van der Waals surface area contributed by atoms with Gasteiger partial charge in [0.1, 0.15) is 5.82 Å². The minimum atomic E-state index is 0.590. The van der Waals surface area contributed by atoms with E-state index in [4.69, 9.17) is 4.98 Å². The van der Waals surface area contributed by atoms with Crippen LogP contribution in [0.3, 0.4) is 0 Å². The molecule has 1 atom stereocenters. The Balaban J connectivity index is 1.68. The summed E-state index contributed by atoms with van der Waals surface area (Å²) in [7, 11) is 1.98. The highest BCUT2D eigenvalue weighted by Crippen LogP contribution is 2.27. The molecule has 1 aliphatic rings. The first-order chi connectivity index (χ1) is 10.6. The van der Waals surface area contributed by atoms with Crippen LogP contribution in [0.15, 0.2) is 24.8 Å². The van der Waals surface area contributed by atoms with E-state index in [1.165, 1.54) is 24.8 Å². The van der Waals surface area contributed by atoms with Crippen molar-refractivity contribution < 1.29 is 0 Å².